The summed E-state index contributed by atoms with van der Waals surface area (Å²) in [5.41, 5.74) is 1.67. The third-order valence-corrected chi connectivity index (χ3v) is 3.52. The van der Waals surface area contributed by atoms with Crippen LogP contribution in [-0.4, -0.2) is 10.2 Å². The Morgan fingerprint density at radius 3 is 2.81 bits per heavy atom. The van der Waals surface area contributed by atoms with E-state index >= 15 is 0 Å². The Balaban J connectivity index is 2.52. The van der Waals surface area contributed by atoms with Gasteiger partial charge in [0.15, 0.2) is 0 Å². The van der Waals surface area contributed by atoms with Gasteiger partial charge in [-0.15, -0.1) is 11.3 Å². The van der Waals surface area contributed by atoms with Crippen LogP contribution < -0.4 is 5.36 Å². The van der Waals surface area contributed by atoms with Crippen LogP contribution in [0.2, 0.25) is 0 Å². The molecule has 0 unspecified atom stereocenters. The number of aromatic nitrogens is 1. The van der Waals surface area contributed by atoms with Crippen LogP contribution in [0, 0.1) is 0 Å². The standard InChI is InChI=1S/C12H8N2OS/c15-14-9-5-3-7-11-12(9)13-8-4-1-2-6-10(8)16-11/h1-7,15H. The average Bonchev–Trinajstić information content (AvgIpc) is 2.35. The second-order valence-electron chi connectivity index (χ2n) is 3.41. The first-order valence-electron chi connectivity index (χ1n) is 4.85. The van der Waals surface area contributed by atoms with Gasteiger partial charge in [-0.1, -0.05) is 23.4 Å². The first-order chi connectivity index (χ1) is 7.88. The van der Waals surface area contributed by atoms with Gasteiger partial charge in [0, 0.05) is 0 Å². The lowest BCUT2D eigenvalue weighted by atomic mass is 10.2. The molecule has 0 atom stereocenters. The Kier molecular flexibility index (Phi) is 2.08. The van der Waals surface area contributed by atoms with Crippen LogP contribution in [0.25, 0.3) is 20.8 Å². The quantitative estimate of drug-likeness (QED) is 0.365. The van der Waals surface area contributed by atoms with Gasteiger partial charge >= 0.3 is 0 Å². The Bertz CT molecular complexity index is 690. The highest BCUT2D eigenvalue weighted by molar-refractivity contribution is 7.21. The molecular weight excluding hydrogens is 220 g/mol. The fourth-order valence-corrected chi connectivity index (χ4v) is 2.66. The molecule has 0 fully saturated rings. The number of hydrogen-bond acceptors (Lipinski definition) is 4. The van der Waals surface area contributed by atoms with E-state index in [4.69, 9.17) is 5.21 Å². The van der Waals surface area contributed by atoms with Crippen molar-refractivity contribution in [1.29, 1.82) is 0 Å². The Morgan fingerprint density at radius 2 is 1.94 bits per heavy atom. The lowest BCUT2D eigenvalue weighted by Crippen LogP contribution is -2.07. The summed E-state index contributed by atoms with van der Waals surface area (Å²) in [6, 6.07) is 13.5. The van der Waals surface area contributed by atoms with Crippen LogP contribution in [0.1, 0.15) is 0 Å². The maximum Gasteiger partial charge on any atom is 0.129 e. The molecule has 0 aromatic heterocycles. The largest absolute Gasteiger partial charge is 0.410 e. The van der Waals surface area contributed by atoms with E-state index in [1.807, 2.05) is 36.4 Å². The third-order valence-electron chi connectivity index (χ3n) is 2.40. The van der Waals surface area contributed by atoms with Gasteiger partial charge in [0.05, 0.1) is 15.1 Å². The molecule has 1 aromatic carbocycles. The summed E-state index contributed by atoms with van der Waals surface area (Å²) < 4.78 is 1.13. The predicted octanol–water partition coefficient (Wildman–Crippen LogP) is 2.69. The monoisotopic (exact) mass is 228 g/mol. The number of nitrogens with zero attached hydrogens (tertiary/aromatic N) is 2. The molecule has 4 heteroatoms. The van der Waals surface area contributed by atoms with E-state index in [1.165, 1.54) is 0 Å². The van der Waals surface area contributed by atoms with Gasteiger partial charge in [0.1, 0.15) is 11.1 Å². The highest BCUT2D eigenvalue weighted by Crippen LogP contribution is 2.27. The zero-order valence-electron chi connectivity index (χ0n) is 8.29. The highest BCUT2D eigenvalue weighted by Gasteiger charge is 2.08. The molecule has 0 bridgehead atoms. The van der Waals surface area contributed by atoms with E-state index in [1.54, 1.807) is 17.4 Å². The Morgan fingerprint density at radius 1 is 1.06 bits per heavy atom. The van der Waals surface area contributed by atoms with E-state index in [-0.39, 0.29) is 0 Å². The van der Waals surface area contributed by atoms with Crippen molar-refractivity contribution in [2.45, 2.75) is 0 Å². The van der Waals surface area contributed by atoms with Gasteiger partial charge in [-0.05, 0) is 24.3 Å². The smallest absolute Gasteiger partial charge is 0.129 e. The van der Waals surface area contributed by atoms with Crippen LogP contribution in [0.3, 0.4) is 0 Å². The molecule has 78 valence electrons. The number of fused-ring (bicyclic) bond motifs is 2. The summed E-state index contributed by atoms with van der Waals surface area (Å²) >= 11 is 1.65. The maximum absolute atomic E-state index is 8.90. The first-order valence-corrected chi connectivity index (χ1v) is 5.67. The van der Waals surface area contributed by atoms with Crippen molar-refractivity contribution in [1.82, 2.24) is 4.98 Å². The maximum atomic E-state index is 8.90. The van der Waals surface area contributed by atoms with Gasteiger partial charge in [-0.2, -0.15) is 0 Å². The lowest BCUT2D eigenvalue weighted by Gasteiger charge is -2.05. The third kappa shape index (κ3) is 1.35. The molecule has 1 aliphatic heterocycles. The minimum absolute atomic E-state index is 0.513. The number of rotatable bonds is 0. The number of benzene rings is 2. The van der Waals surface area contributed by atoms with Crippen molar-refractivity contribution >= 4 is 21.6 Å². The summed E-state index contributed by atoms with van der Waals surface area (Å²) in [7, 11) is 0. The molecule has 0 radical (unpaired) electrons. The number of hydrogen-bond donors (Lipinski definition) is 1. The molecule has 0 saturated heterocycles. The van der Waals surface area contributed by atoms with Crippen molar-refractivity contribution in [3.63, 3.8) is 0 Å². The Labute approximate surface area is 95.7 Å². The normalized spacial score (nSPS) is 12.4. The summed E-state index contributed by atoms with van der Waals surface area (Å²) in [6.07, 6.45) is 0. The van der Waals surface area contributed by atoms with E-state index in [0.29, 0.717) is 5.36 Å². The van der Waals surface area contributed by atoms with Gasteiger partial charge in [-0.3, -0.25) is 0 Å². The van der Waals surface area contributed by atoms with Crippen LogP contribution >= 0.6 is 11.3 Å². The average molecular weight is 228 g/mol. The van der Waals surface area contributed by atoms with Crippen molar-refractivity contribution in [3.8, 4) is 10.6 Å². The van der Waals surface area contributed by atoms with E-state index < -0.39 is 0 Å². The molecule has 0 amide bonds. The zero-order valence-corrected chi connectivity index (χ0v) is 9.11. The lowest BCUT2D eigenvalue weighted by molar-refractivity contribution is 0.302. The summed E-state index contributed by atoms with van der Waals surface area (Å²) in [5, 5.41) is 12.7. The molecule has 1 heterocycles. The van der Waals surface area contributed by atoms with Crippen LogP contribution in [0.15, 0.2) is 47.6 Å². The van der Waals surface area contributed by atoms with Crippen molar-refractivity contribution in [2.75, 3.05) is 0 Å². The first kappa shape index (κ1) is 9.30. The zero-order chi connectivity index (χ0) is 11.0. The van der Waals surface area contributed by atoms with E-state index in [2.05, 4.69) is 10.1 Å². The molecule has 1 N–H and O–H groups in total. The molecular formula is C12H8N2OS. The SMILES string of the molecule is ON=c1cccc2sc3ccccc3nc1-2. The second-order valence-corrected chi connectivity index (χ2v) is 4.49. The summed E-state index contributed by atoms with van der Waals surface area (Å²) in [5.74, 6) is 0. The molecule has 3 rings (SSSR count). The van der Waals surface area contributed by atoms with Gasteiger partial charge in [-0.25, -0.2) is 4.98 Å². The second kappa shape index (κ2) is 3.57. The summed E-state index contributed by atoms with van der Waals surface area (Å²) in [6.45, 7) is 0. The van der Waals surface area contributed by atoms with Gasteiger partial charge in [0.2, 0.25) is 0 Å². The van der Waals surface area contributed by atoms with Crippen molar-refractivity contribution < 1.29 is 5.21 Å². The van der Waals surface area contributed by atoms with Gasteiger partial charge in [0.25, 0.3) is 0 Å². The molecule has 2 aliphatic rings. The molecule has 16 heavy (non-hydrogen) atoms. The van der Waals surface area contributed by atoms with Gasteiger partial charge < -0.3 is 5.21 Å². The van der Waals surface area contributed by atoms with E-state index in [9.17, 15) is 0 Å². The van der Waals surface area contributed by atoms with Crippen molar-refractivity contribution in [2.24, 2.45) is 5.16 Å². The van der Waals surface area contributed by atoms with Crippen molar-refractivity contribution in [3.05, 3.63) is 47.8 Å². The fourth-order valence-electron chi connectivity index (χ4n) is 1.66. The van der Waals surface area contributed by atoms with Crippen LogP contribution in [-0.2, 0) is 0 Å². The predicted molar refractivity (Wildman–Crippen MR) is 63.6 cm³/mol. The molecule has 0 spiro atoms. The Hall–Kier alpha value is -1.94. The molecule has 1 aromatic rings. The van der Waals surface area contributed by atoms with E-state index in [0.717, 1.165) is 20.8 Å². The molecule has 3 nitrogen and oxygen atoms in total. The van der Waals surface area contributed by atoms with Crippen LogP contribution in [0.5, 0.6) is 0 Å². The minimum atomic E-state index is 0.513. The number of para-hydroxylation sites is 2. The highest BCUT2D eigenvalue weighted by atomic mass is 32.1. The topological polar surface area (TPSA) is 45.5 Å². The molecule has 0 saturated carbocycles. The van der Waals surface area contributed by atoms with Crippen LogP contribution in [0.4, 0.5) is 0 Å². The minimum Gasteiger partial charge on any atom is -0.410 e. The summed E-state index contributed by atoms with van der Waals surface area (Å²) in [4.78, 5) is 5.53. The molecule has 1 aliphatic carbocycles. The fraction of sp³-hybridized carbons (Fsp3) is 0.